The Balaban J connectivity index is 1.72. The average Bonchev–Trinajstić information content (AvgIpc) is 3.21. The van der Waals surface area contributed by atoms with E-state index in [4.69, 9.17) is 4.74 Å². The highest BCUT2D eigenvalue weighted by atomic mass is 32.1. The molecule has 0 N–H and O–H groups in total. The Morgan fingerprint density at radius 2 is 2.17 bits per heavy atom. The van der Waals surface area contributed by atoms with Gasteiger partial charge in [-0.2, -0.15) is 0 Å². The molecule has 1 aromatic heterocycles. The number of ether oxygens (including phenoxy) is 1. The SMILES string of the molecule is COCc1nc(C(=O)N(C)[C@@H]2CCN(c3ccccc3)C2=O)cs1. The monoisotopic (exact) mass is 345 g/mol. The summed E-state index contributed by atoms with van der Waals surface area (Å²) in [5.41, 5.74) is 1.22. The van der Waals surface area contributed by atoms with Gasteiger partial charge in [0.2, 0.25) is 5.91 Å². The Hall–Kier alpha value is -2.25. The number of amides is 2. The highest BCUT2D eigenvalue weighted by Gasteiger charge is 2.37. The zero-order valence-corrected chi connectivity index (χ0v) is 14.5. The van der Waals surface area contributed by atoms with Gasteiger partial charge >= 0.3 is 0 Å². The van der Waals surface area contributed by atoms with Gasteiger partial charge in [0.1, 0.15) is 16.7 Å². The van der Waals surface area contributed by atoms with Crippen LogP contribution in [0.5, 0.6) is 0 Å². The molecule has 2 aromatic rings. The van der Waals surface area contributed by atoms with E-state index in [2.05, 4.69) is 4.98 Å². The third-order valence-corrected chi connectivity index (χ3v) is 4.89. The molecular weight excluding hydrogens is 326 g/mol. The standard InChI is InChI=1S/C17H19N3O3S/c1-19(16(21)13-11-24-15(18-13)10-23-2)14-8-9-20(17(14)22)12-6-4-3-5-7-12/h3-7,11,14H,8-10H2,1-2H3/t14-/m1/s1. The highest BCUT2D eigenvalue weighted by molar-refractivity contribution is 7.09. The van der Waals surface area contributed by atoms with Gasteiger partial charge in [0.05, 0.1) is 6.61 Å². The van der Waals surface area contributed by atoms with E-state index in [1.807, 2.05) is 30.3 Å². The molecule has 1 atom stereocenters. The van der Waals surface area contributed by atoms with Crippen LogP contribution in [0.3, 0.4) is 0 Å². The number of methoxy groups -OCH3 is 1. The van der Waals surface area contributed by atoms with Gasteiger partial charge in [-0.05, 0) is 18.6 Å². The maximum atomic E-state index is 12.7. The fourth-order valence-corrected chi connectivity index (χ4v) is 3.55. The Bertz CT molecular complexity index is 732. The molecule has 3 rings (SSSR count). The lowest BCUT2D eigenvalue weighted by Crippen LogP contribution is -2.43. The van der Waals surface area contributed by atoms with Crippen molar-refractivity contribution in [2.45, 2.75) is 19.1 Å². The van der Waals surface area contributed by atoms with Gasteiger partial charge in [0, 0.05) is 31.8 Å². The molecule has 24 heavy (non-hydrogen) atoms. The summed E-state index contributed by atoms with van der Waals surface area (Å²) in [6.45, 7) is 0.989. The molecule has 1 saturated heterocycles. The minimum absolute atomic E-state index is 0.0515. The van der Waals surface area contributed by atoms with Crippen molar-refractivity contribution < 1.29 is 14.3 Å². The molecule has 1 aliphatic rings. The number of hydrogen-bond acceptors (Lipinski definition) is 5. The number of likely N-dealkylation sites (N-methyl/N-ethyl adjacent to an activating group) is 1. The van der Waals surface area contributed by atoms with Crippen molar-refractivity contribution in [3.8, 4) is 0 Å². The van der Waals surface area contributed by atoms with E-state index in [1.54, 1.807) is 24.4 Å². The number of benzene rings is 1. The first-order valence-corrected chi connectivity index (χ1v) is 8.56. The molecule has 1 fully saturated rings. The number of hydrogen-bond donors (Lipinski definition) is 0. The normalized spacial score (nSPS) is 17.3. The van der Waals surface area contributed by atoms with Crippen molar-refractivity contribution >= 4 is 28.8 Å². The zero-order valence-electron chi connectivity index (χ0n) is 13.6. The first kappa shape index (κ1) is 16.6. The van der Waals surface area contributed by atoms with E-state index in [0.29, 0.717) is 25.3 Å². The Morgan fingerprint density at radius 1 is 1.42 bits per heavy atom. The third-order valence-electron chi connectivity index (χ3n) is 4.07. The highest BCUT2D eigenvalue weighted by Crippen LogP contribution is 2.24. The van der Waals surface area contributed by atoms with Crippen LogP contribution >= 0.6 is 11.3 Å². The Kier molecular flexibility index (Phi) is 4.92. The smallest absolute Gasteiger partial charge is 0.273 e. The van der Waals surface area contributed by atoms with E-state index in [9.17, 15) is 9.59 Å². The predicted molar refractivity (Wildman–Crippen MR) is 92.1 cm³/mol. The van der Waals surface area contributed by atoms with Crippen molar-refractivity contribution in [1.29, 1.82) is 0 Å². The number of carbonyl (C=O) groups excluding carboxylic acids is 2. The summed E-state index contributed by atoms with van der Waals surface area (Å²) in [7, 11) is 3.25. The van der Waals surface area contributed by atoms with Gasteiger partial charge < -0.3 is 14.5 Å². The molecule has 126 valence electrons. The molecule has 2 heterocycles. The average molecular weight is 345 g/mol. The van der Waals surface area contributed by atoms with Crippen LogP contribution in [0, 0.1) is 0 Å². The lowest BCUT2D eigenvalue weighted by molar-refractivity contribution is -0.120. The van der Waals surface area contributed by atoms with E-state index in [0.717, 1.165) is 10.7 Å². The summed E-state index contributed by atoms with van der Waals surface area (Å²) < 4.78 is 5.02. The van der Waals surface area contributed by atoms with Gasteiger partial charge in [-0.3, -0.25) is 9.59 Å². The number of para-hydroxylation sites is 1. The van der Waals surface area contributed by atoms with Crippen molar-refractivity contribution in [3.63, 3.8) is 0 Å². The molecule has 0 radical (unpaired) electrons. The molecule has 1 aromatic carbocycles. The molecule has 0 aliphatic carbocycles. The number of nitrogens with zero attached hydrogens (tertiary/aromatic N) is 3. The summed E-state index contributed by atoms with van der Waals surface area (Å²) >= 11 is 1.38. The molecule has 0 bridgehead atoms. The maximum Gasteiger partial charge on any atom is 0.273 e. The summed E-state index contributed by atoms with van der Waals surface area (Å²) in [5.74, 6) is -0.286. The summed E-state index contributed by atoms with van der Waals surface area (Å²) in [4.78, 5) is 32.8. The Morgan fingerprint density at radius 3 is 2.88 bits per heavy atom. The van der Waals surface area contributed by atoms with Crippen LogP contribution < -0.4 is 4.90 Å². The molecule has 2 amide bonds. The number of carbonyl (C=O) groups is 2. The molecule has 0 unspecified atom stereocenters. The number of aromatic nitrogens is 1. The van der Waals surface area contributed by atoms with Crippen molar-refractivity contribution in [3.05, 3.63) is 46.4 Å². The second-order valence-electron chi connectivity index (χ2n) is 5.61. The molecule has 0 saturated carbocycles. The largest absolute Gasteiger partial charge is 0.378 e. The van der Waals surface area contributed by atoms with Gasteiger partial charge in [-0.1, -0.05) is 18.2 Å². The summed E-state index contributed by atoms with van der Waals surface area (Å²) in [5, 5.41) is 2.46. The van der Waals surface area contributed by atoms with Crippen LogP contribution in [-0.4, -0.2) is 48.4 Å². The second kappa shape index (κ2) is 7.11. The first-order chi connectivity index (χ1) is 11.6. The molecular formula is C17H19N3O3S. The molecule has 7 heteroatoms. The molecule has 1 aliphatic heterocycles. The van der Waals surface area contributed by atoms with Gasteiger partial charge in [-0.25, -0.2) is 4.98 Å². The van der Waals surface area contributed by atoms with Crippen LogP contribution in [0.4, 0.5) is 5.69 Å². The van der Waals surface area contributed by atoms with Crippen LogP contribution in [0.2, 0.25) is 0 Å². The summed E-state index contributed by atoms with van der Waals surface area (Å²) in [6, 6.07) is 9.07. The first-order valence-electron chi connectivity index (χ1n) is 7.68. The van der Waals surface area contributed by atoms with E-state index >= 15 is 0 Å². The Labute approximate surface area is 144 Å². The van der Waals surface area contributed by atoms with E-state index in [1.165, 1.54) is 16.2 Å². The van der Waals surface area contributed by atoms with Gasteiger partial charge in [0.25, 0.3) is 5.91 Å². The number of rotatable bonds is 5. The van der Waals surface area contributed by atoms with Crippen LogP contribution in [0.25, 0.3) is 0 Å². The van der Waals surface area contributed by atoms with Crippen LogP contribution in [0.15, 0.2) is 35.7 Å². The fraction of sp³-hybridized carbons (Fsp3) is 0.353. The number of thiazole rings is 1. The zero-order chi connectivity index (χ0) is 17.1. The lowest BCUT2D eigenvalue weighted by atomic mass is 10.2. The summed E-state index contributed by atoms with van der Waals surface area (Å²) in [6.07, 6.45) is 0.616. The van der Waals surface area contributed by atoms with E-state index < -0.39 is 6.04 Å². The number of anilines is 1. The van der Waals surface area contributed by atoms with Crippen LogP contribution in [0.1, 0.15) is 21.9 Å². The van der Waals surface area contributed by atoms with Gasteiger partial charge in [0.15, 0.2) is 0 Å². The quantitative estimate of drug-likeness (QED) is 0.833. The van der Waals surface area contributed by atoms with Crippen molar-refractivity contribution in [1.82, 2.24) is 9.88 Å². The lowest BCUT2D eigenvalue weighted by Gasteiger charge is -2.23. The van der Waals surface area contributed by atoms with Gasteiger partial charge in [-0.15, -0.1) is 11.3 Å². The van der Waals surface area contributed by atoms with E-state index in [-0.39, 0.29) is 11.8 Å². The minimum Gasteiger partial charge on any atom is -0.378 e. The third kappa shape index (κ3) is 3.18. The topological polar surface area (TPSA) is 62.7 Å². The second-order valence-corrected chi connectivity index (χ2v) is 6.55. The van der Waals surface area contributed by atoms with Crippen molar-refractivity contribution in [2.24, 2.45) is 0 Å². The molecule has 6 nitrogen and oxygen atoms in total. The predicted octanol–water partition coefficient (Wildman–Crippen LogP) is 2.17. The van der Waals surface area contributed by atoms with Crippen LogP contribution in [-0.2, 0) is 16.1 Å². The molecule has 0 spiro atoms. The van der Waals surface area contributed by atoms with Crippen molar-refractivity contribution in [2.75, 3.05) is 25.6 Å². The maximum absolute atomic E-state index is 12.7. The fourth-order valence-electron chi connectivity index (χ4n) is 2.81. The minimum atomic E-state index is -0.453.